The summed E-state index contributed by atoms with van der Waals surface area (Å²) in [5.74, 6) is 0.249. The van der Waals surface area contributed by atoms with Crippen molar-refractivity contribution in [3.8, 4) is 0 Å². The molecule has 1 atom stereocenters. The highest BCUT2D eigenvalue weighted by atomic mass is 16.2. The highest BCUT2D eigenvalue weighted by Gasteiger charge is 2.21. The molecule has 1 aliphatic heterocycles. The van der Waals surface area contributed by atoms with E-state index < -0.39 is 0 Å². The Bertz CT molecular complexity index is 270. The zero-order chi connectivity index (χ0) is 12.8. The van der Waals surface area contributed by atoms with Crippen LogP contribution in [-0.2, 0) is 4.79 Å². The van der Waals surface area contributed by atoms with Gasteiger partial charge in [0, 0.05) is 31.6 Å². The van der Waals surface area contributed by atoms with Gasteiger partial charge in [-0.2, -0.15) is 0 Å². The summed E-state index contributed by atoms with van der Waals surface area (Å²) in [4.78, 5) is 13.9. The van der Waals surface area contributed by atoms with E-state index in [0.717, 1.165) is 37.9 Å². The molecule has 98 valence electrons. The Balaban J connectivity index is 2.31. The summed E-state index contributed by atoms with van der Waals surface area (Å²) in [5.41, 5.74) is 6.91. The summed E-state index contributed by atoms with van der Waals surface area (Å²) in [6, 6.07) is 0.519. The van der Waals surface area contributed by atoms with Gasteiger partial charge in [0.25, 0.3) is 0 Å². The minimum Gasteiger partial charge on any atom is -0.343 e. The Labute approximate surface area is 104 Å². The van der Waals surface area contributed by atoms with Gasteiger partial charge in [0.1, 0.15) is 0 Å². The number of amides is 1. The average Bonchev–Trinajstić information content (AvgIpc) is 2.30. The lowest BCUT2D eigenvalue weighted by Crippen LogP contribution is -2.43. The van der Waals surface area contributed by atoms with E-state index in [9.17, 15) is 4.79 Å². The van der Waals surface area contributed by atoms with Gasteiger partial charge in [-0.25, -0.2) is 0 Å². The molecule has 0 radical (unpaired) electrons. The SMILES string of the molecule is C=C(C)C(CCC(=O)N1CCC(N)CC1)NC. The van der Waals surface area contributed by atoms with Crippen LogP contribution in [0.3, 0.4) is 0 Å². The Hall–Kier alpha value is -0.870. The van der Waals surface area contributed by atoms with Gasteiger partial charge in [-0.05, 0) is 33.2 Å². The van der Waals surface area contributed by atoms with E-state index in [4.69, 9.17) is 5.73 Å². The van der Waals surface area contributed by atoms with Crippen molar-refractivity contribution in [2.75, 3.05) is 20.1 Å². The molecule has 1 unspecified atom stereocenters. The molecule has 4 heteroatoms. The van der Waals surface area contributed by atoms with Crippen LogP contribution < -0.4 is 11.1 Å². The topological polar surface area (TPSA) is 58.4 Å². The lowest BCUT2D eigenvalue weighted by molar-refractivity contribution is -0.132. The fourth-order valence-electron chi connectivity index (χ4n) is 2.21. The summed E-state index contributed by atoms with van der Waals surface area (Å²) in [7, 11) is 1.91. The van der Waals surface area contributed by atoms with E-state index in [1.807, 2.05) is 18.9 Å². The molecule has 0 saturated carbocycles. The lowest BCUT2D eigenvalue weighted by Gasteiger charge is -2.30. The second-order valence-electron chi connectivity index (χ2n) is 4.94. The van der Waals surface area contributed by atoms with Crippen molar-refractivity contribution in [1.82, 2.24) is 10.2 Å². The number of piperidine rings is 1. The van der Waals surface area contributed by atoms with E-state index in [1.165, 1.54) is 0 Å². The van der Waals surface area contributed by atoms with E-state index >= 15 is 0 Å². The van der Waals surface area contributed by atoms with Gasteiger partial charge >= 0.3 is 0 Å². The average molecular weight is 239 g/mol. The zero-order valence-corrected chi connectivity index (χ0v) is 11.0. The van der Waals surface area contributed by atoms with E-state index in [0.29, 0.717) is 6.42 Å². The van der Waals surface area contributed by atoms with Gasteiger partial charge in [0.05, 0.1) is 0 Å². The molecule has 0 aliphatic carbocycles. The predicted octanol–water partition coefficient (Wildman–Crippen LogP) is 0.880. The Morgan fingerprint density at radius 3 is 2.59 bits per heavy atom. The van der Waals surface area contributed by atoms with Crippen molar-refractivity contribution >= 4 is 5.91 Å². The van der Waals surface area contributed by atoms with Gasteiger partial charge in [0.2, 0.25) is 5.91 Å². The van der Waals surface area contributed by atoms with Gasteiger partial charge in [-0.1, -0.05) is 12.2 Å². The minimum absolute atomic E-state index is 0.242. The van der Waals surface area contributed by atoms with E-state index in [1.54, 1.807) is 0 Å². The fraction of sp³-hybridized carbons (Fsp3) is 0.769. The number of carbonyl (C=O) groups is 1. The zero-order valence-electron chi connectivity index (χ0n) is 11.0. The number of nitrogens with two attached hydrogens (primary N) is 1. The third-order valence-corrected chi connectivity index (χ3v) is 3.48. The summed E-state index contributed by atoms with van der Waals surface area (Å²) < 4.78 is 0. The third-order valence-electron chi connectivity index (χ3n) is 3.48. The molecule has 1 aliphatic rings. The highest BCUT2D eigenvalue weighted by molar-refractivity contribution is 5.76. The summed E-state index contributed by atoms with van der Waals surface area (Å²) >= 11 is 0. The van der Waals surface area contributed by atoms with Crippen LogP contribution in [0.25, 0.3) is 0 Å². The summed E-state index contributed by atoms with van der Waals surface area (Å²) in [5, 5.41) is 3.18. The van der Waals surface area contributed by atoms with Gasteiger partial charge in [0.15, 0.2) is 0 Å². The number of likely N-dealkylation sites (N-methyl/N-ethyl adjacent to an activating group) is 1. The molecule has 0 aromatic rings. The maximum atomic E-state index is 12.0. The van der Waals surface area contributed by atoms with E-state index in [-0.39, 0.29) is 18.0 Å². The second-order valence-corrected chi connectivity index (χ2v) is 4.94. The van der Waals surface area contributed by atoms with Crippen LogP contribution in [0.1, 0.15) is 32.6 Å². The van der Waals surface area contributed by atoms with E-state index in [2.05, 4.69) is 11.9 Å². The first-order valence-electron chi connectivity index (χ1n) is 6.40. The number of carbonyl (C=O) groups excluding carboxylic acids is 1. The predicted molar refractivity (Wildman–Crippen MR) is 70.7 cm³/mol. The molecule has 4 nitrogen and oxygen atoms in total. The molecule has 0 spiro atoms. The number of rotatable bonds is 5. The van der Waals surface area contributed by atoms with Gasteiger partial charge in [-0.3, -0.25) is 4.79 Å². The first-order valence-corrected chi connectivity index (χ1v) is 6.40. The van der Waals surface area contributed by atoms with Crippen LogP contribution >= 0.6 is 0 Å². The number of hydrogen-bond donors (Lipinski definition) is 2. The molecule has 0 bridgehead atoms. The highest BCUT2D eigenvalue weighted by Crippen LogP contribution is 2.12. The van der Waals surface area contributed by atoms with Crippen molar-refractivity contribution in [3.63, 3.8) is 0 Å². The number of hydrogen-bond acceptors (Lipinski definition) is 3. The van der Waals surface area contributed by atoms with Crippen molar-refractivity contribution < 1.29 is 4.79 Å². The van der Waals surface area contributed by atoms with Crippen molar-refractivity contribution in [2.24, 2.45) is 5.73 Å². The summed E-state index contributed by atoms with van der Waals surface area (Å²) in [6.07, 6.45) is 3.28. The van der Waals surface area contributed by atoms with Crippen LogP contribution in [0.15, 0.2) is 12.2 Å². The quantitative estimate of drug-likeness (QED) is 0.700. The molecular weight excluding hydrogens is 214 g/mol. The molecular formula is C13H25N3O. The standard InChI is InChI=1S/C13H25N3O/c1-10(2)12(15-3)4-5-13(17)16-8-6-11(14)7-9-16/h11-12,15H,1,4-9,14H2,2-3H3. The molecule has 1 fully saturated rings. The smallest absolute Gasteiger partial charge is 0.222 e. The molecule has 1 saturated heterocycles. The molecule has 3 N–H and O–H groups in total. The van der Waals surface area contributed by atoms with Crippen molar-refractivity contribution in [2.45, 2.75) is 44.7 Å². The Kier molecular flexibility index (Phi) is 5.65. The maximum absolute atomic E-state index is 12.0. The van der Waals surface area contributed by atoms with Crippen LogP contribution in [0.2, 0.25) is 0 Å². The Morgan fingerprint density at radius 2 is 2.12 bits per heavy atom. The number of nitrogens with one attached hydrogen (secondary N) is 1. The summed E-state index contributed by atoms with van der Waals surface area (Å²) in [6.45, 7) is 7.55. The van der Waals surface area contributed by atoms with Crippen LogP contribution in [0.4, 0.5) is 0 Å². The molecule has 17 heavy (non-hydrogen) atoms. The molecule has 0 aromatic heterocycles. The first kappa shape index (κ1) is 14.2. The fourth-order valence-corrected chi connectivity index (χ4v) is 2.21. The first-order chi connectivity index (χ1) is 8.04. The molecule has 1 rings (SSSR count). The van der Waals surface area contributed by atoms with Gasteiger partial charge < -0.3 is 16.0 Å². The Morgan fingerprint density at radius 1 is 1.53 bits per heavy atom. The van der Waals surface area contributed by atoms with Crippen LogP contribution in [-0.4, -0.2) is 43.0 Å². The minimum atomic E-state index is 0.242. The number of nitrogens with zero attached hydrogens (tertiary/aromatic N) is 1. The second kappa shape index (κ2) is 6.77. The molecule has 1 heterocycles. The lowest BCUT2D eigenvalue weighted by atomic mass is 10.0. The largest absolute Gasteiger partial charge is 0.343 e. The normalized spacial score (nSPS) is 19.1. The van der Waals surface area contributed by atoms with Crippen LogP contribution in [0, 0.1) is 0 Å². The van der Waals surface area contributed by atoms with Crippen molar-refractivity contribution in [1.29, 1.82) is 0 Å². The monoisotopic (exact) mass is 239 g/mol. The van der Waals surface area contributed by atoms with Crippen LogP contribution in [0.5, 0.6) is 0 Å². The maximum Gasteiger partial charge on any atom is 0.222 e. The molecule has 0 aromatic carbocycles. The van der Waals surface area contributed by atoms with Crippen molar-refractivity contribution in [3.05, 3.63) is 12.2 Å². The number of likely N-dealkylation sites (tertiary alicyclic amines) is 1. The third kappa shape index (κ3) is 4.48. The molecule has 1 amide bonds. The van der Waals surface area contributed by atoms with Gasteiger partial charge in [-0.15, -0.1) is 0 Å².